The van der Waals surface area contributed by atoms with Gasteiger partial charge in [-0.15, -0.1) is 0 Å². The number of hydrogen-bond donors (Lipinski definition) is 0. The second-order valence-corrected chi connectivity index (χ2v) is 5.87. The molecule has 0 N–H and O–H groups in total. The lowest BCUT2D eigenvalue weighted by molar-refractivity contribution is 0.157. The summed E-state index contributed by atoms with van der Waals surface area (Å²) >= 11 is 0. The maximum absolute atomic E-state index is 5.62. The number of allylic oxidation sites excluding steroid dienone is 1. The summed E-state index contributed by atoms with van der Waals surface area (Å²) in [5.74, 6) is 0. The lowest BCUT2D eigenvalue weighted by Gasteiger charge is -2.02. The maximum Gasteiger partial charge on any atom is 0.0647 e. The summed E-state index contributed by atoms with van der Waals surface area (Å²) < 4.78 is 5.62. The molecule has 0 aliphatic heterocycles. The Bertz CT molecular complexity index is 186. The largest absolute Gasteiger partial charge is 0.377 e. The van der Waals surface area contributed by atoms with E-state index in [0.717, 1.165) is 13.2 Å². The predicted octanol–water partition coefficient (Wildman–Crippen LogP) is 6.67. The van der Waals surface area contributed by atoms with Gasteiger partial charge in [0, 0.05) is 6.61 Å². The molecule has 0 saturated carbocycles. The minimum Gasteiger partial charge on any atom is -0.377 e. The van der Waals surface area contributed by atoms with E-state index in [1.54, 1.807) is 0 Å². The Balaban J connectivity index is 3.00. The van der Waals surface area contributed by atoms with Gasteiger partial charge in [0.25, 0.3) is 0 Å². The SMILES string of the molecule is CCCCCC/C=C\COCCCCCCCCCC. The van der Waals surface area contributed by atoms with E-state index >= 15 is 0 Å². The summed E-state index contributed by atoms with van der Waals surface area (Å²) in [4.78, 5) is 0. The van der Waals surface area contributed by atoms with E-state index in [9.17, 15) is 0 Å². The fraction of sp³-hybridized carbons (Fsp3) is 0.895. The zero-order valence-electron chi connectivity index (χ0n) is 14.2. The van der Waals surface area contributed by atoms with Crippen LogP contribution in [0.5, 0.6) is 0 Å². The van der Waals surface area contributed by atoms with E-state index in [1.807, 2.05) is 0 Å². The number of hydrogen-bond acceptors (Lipinski definition) is 1. The molecule has 0 amide bonds. The molecule has 0 unspecified atom stereocenters. The molecule has 0 aromatic heterocycles. The van der Waals surface area contributed by atoms with Crippen LogP contribution in [0.25, 0.3) is 0 Å². The van der Waals surface area contributed by atoms with E-state index in [-0.39, 0.29) is 0 Å². The standard InChI is InChI=1S/C19H38O/c1-3-5-7-9-11-13-15-17-19-20-18-16-14-12-10-8-6-4-2/h14,16H,3-13,15,17-19H2,1-2H3/b16-14-. The van der Waals surface area contributed by atoms with Crippen LogP contribution >= 0.6 is 0 Å². The van der Waals surface area contributed by atoms with Crippen LogP contribution in [-0.2, 0) is 4.74 Å². The van der Waals surface area contributed by atoms with Crippen LogP contribution in [-0.4, -0.2) is 13.2 Å². The van der Waals surface area contributed by atoms with Gasteiger partial charge < -0.3 is 4.74 Å². The highest BCUT2D eigenvalue weighted by molar-refractivity contribution is 4.81. The minimum absolute atomic E-state index is 0.810. The smallest absolute Gasteiger partial charge is 0.0647 e. The van der Waals surface area contributed by atoms with Gasteiger partial charge in [0.05, 0.1) is 6.61 Å². The topological polar surface area (TPSA) is 9.23 Å². The van der Waals surface area contributed by atoms with Gasteiger partial charge in [-0.2, -0.15) is 0 Å². The monoisotopic (exact) mass is 282 g/mol. The molecule has 0 fully saturated rings. The van der Waals surface area contributed by atoms with Crippen LogP contribution in [0.1, 0.15) is 97.3 Å². The lowest BCUT2D eigenvalue weighted by atomic mass is 10.1. The average molecular weight is 283 g/mol. The molecule has 120 valence electrons. The zero-order valence-corrected chi connectivity index (χ0v) is 14.2. The minimum atomic E-state index is 0.810. The molecule has 0 aromatic carbocycles. The summed E-state index contributed by atoms with van der Waals surface area (Å²) in [5.41, 5.74) is 0. The molecular weight excluding hydrogens is 244 g/mol. The second kappa shape index (κ2) is 18.7. The highest BCUT2D eigenvalue weighted by atomic mass is 16.5. The average Bonchev–Trinajstić information content (AvgIpc) is 2.47. The zero-order chi connectivity index (χ0) is 14.7. The first-order valence-corrected chi connectivity index (χ1v) is 9.14. The molecular formula is C19H38O. The molecule has 0 bridgehead atoms. The van der Waals surface area contributed by atoms with Crippen molar-refractivity contribution in [2.45, 2.75) is 97.3 Å². The quantitative estimate of drug-likeness (QED) is 0.227. The van der Waals surface area contributed by atoms with E-state index in [4.69, 9.17) is 4.74 Å². The predicted molar refractivity (Wildman–Crippen MR) is 91.3 cm³/mol. The Morgan fingerprint density at radius 2 is 1.15 bits per heavy atom. The normalized spacial score (nSPS) is 11.5. The van der Waals surface area contributed by atoms with E-state index in [2.05, 4.69) is 26.0 Å². The number of ether oxygens (including phenoxy) is 1. The summed E-state index contributed by atoms with van der Waals surface area (Å²) in [6.45, 7) is 6.28. The second-order valence-electron chi connectivity index (χ2n) is 5.87. The fourth-order valence-electron chi connectivity index (χ4n) is 2.36. The number of unbranched alkanes of at least 4 members (excludes halogenated alkanes) is 11. The molecule has 0 heterocycles. The molecule has 0 radical (unpaired) electrons. The van der Waals surface area contributed by atoms with Crippen molar-refractivity contribution >= 4 is 0 Å². The van der Waals surface area contributed by atoms with Gasteiger partial charge >= 0.3 is 0 Å². The van der Waals surface area contributed by atoms with Gasteiger partial charge in [-0.1, -0.05) is 90.2 Å². The Morgan fingerprint density at radius 3 is 1.80 bits per heavy atom. The third-order valence-electron chi connectivity index (χ3n) is 3.75. The number of rotatable bonds is 16. The first kappa shape index (κ1) is 19.7. The van der Waals surface area contributed by atoms with Crippen molar-refractivity contribution in [1.82, 2.24) is 0 Å². The van der Waals surface area contributed by atoms with Crippen molar-refractivity contribution in [2.24, 2.45) is 0 Å². The summed E-state index contributed by atoms with van der Waals surface area (Å²) in [6.07, 6.45) is 22.1. The van der Waals surface area contributed by atoms with Gasteiger partial charge in [0.1, 0.15) is 0 Å². The van der Waals surface area contributed by atoms with Crippen LogP contribution in [0, 0.1) is 0 Å². The molecule has 0 aromatic rings. The Labute approximate surface area is 128 Å². The van der Waals surface area contributed by atoms with Crippen molar-refractivity contribution in [3.05, 3.63) is 12.2 Å². The first-order chi connectivity index (χ1) is 9.91. The molecule has 20 heavy (non-hydrogen) atoms. The summed E-state index contributed by atoms with van der Waals surface area (Å²) in [7, 11) is 0. The molecule has 0 atom stereocenters. The van der Waals surface area contributed by atoms with Crippen molar-refractivity contribution in [3.63, 3.8) is 0 Å². The van der Waals surface area contributed by atoms with Gasteiger partial charge in [0.15, 0.2) is 0 Å². The molecule has 0 spiro atoms. The van der Waals surface area contributed by atoms with Gasteiger partial charge in [-0.25, -0.2) is 0 Å². The van der Waals surface area contributed by atoms with Crippen molar-refractivity contribution in [2.75, 3.05) is 13.2 Å². The van der Waals surface area contributed by atoms with Gasteiger partial charge in [-0.3, -0.25) is 0 Å². The van der Waals surface area contributed by atoms with E-state index < -0.39 is 0 Å². The molecule has 0 saturated heterocycles. The van der Waals surface area contributed by atoms with Gasteiger partial charge in [-0.05, 0) is 19.3 Å². The summed E-state index contributed by atoms with van der Waals surface area (Å²) in [5, 5.41) is 0. The Morgan fingerprint density at radius 1 is 0.600 bits per heavy atom. The molecule has 0 aliphatic carbocycles. The van der Waals surface area contributed by atoms with Crippen LogP contribution < -0.4 is 0 Å². The molecule has 1 heteroatoms. The lowest BCUT2D eigenvalue weighted by Crippen LogP contribution is -1.94. The first-order valence-electron chi connectivity index (χ1n) is 9.14. The van der Waals surface area contributed by atoms with E-state index in [1.165, 1.54) is 83.5 Å². The third-order valence-corrected chi connectivity index (χ3v) is 3.75. The maximum atomic E-state index is 5.62. The van der Waals surface area contributed by atoms with Crippen molar-refractivity contribution < 1.29 is 4.74 Å². The highest BCUT2D eigenvalue weighted by Crippen LogP contribution is 2.08. The Kier molecular flexibility index (Phi) is 18.4. The summed E-state index contributed by atoms with van der Waals surface area (Å²) in [6, 6.07) is 0. The van der Waals surface area contributed by atoms with Crippen molar-refractivity contribution in [1.29, 1.82) is 0 Å². The molecule has 0 aliphatic rings. The molecule has 1 nitrogen and oxygen atoms in total. The third kappa shape index (κ3) is 17.7. The van der Waals surface area contributed by atoms with Crippen LogP contribution in [0.3, 0.4) is 0 Å². The van der Waals surface area contributed by atoms with Crippen LogP contribution in [0.4, 0.5) is 0 Å². The Hall–Kier alpha value is -0.300. The van der Waals surface area contributed by atoms with Gasteiger partial charge in [0.2, 0.25) is 0 Å². The fourth-order valence-corrected chi connectivity index (χ4v) is 2.36. The van der Waals surface area contributed by atoms with Crippen LogP contribution in [0.15, 0.2) is 12.2 Å². The van der Waals surface area contributed by atoms with E-state index in [0.29, 0.717) is 0 Å². The van der Waals surface area contributed by atoms with Crippen LogP contribution in [0.2, 0.25) is 0 Å². The van der Waals surface area contributed by atoms with Crippen molar-refractivity contribution in [3.8, 4) is 0 Å². The highest BCUT2D eigenvalue weighted by Gasteiger charge is 1.91. The molecule has 0 rings (SSSR count).